The Hall–Kier alpha value is -0.320. The average molecular weight is 251 g/mol. The fourth-order valence-corrected chi connectivity index (χ4v) is 1.55. The highest BCUT2D eigenvalue weighted by atomic mass is 35.5. The minimum atomic E-state index is -0.315. The first-order valence-electron chi connectivity index (χ1n) is 5.77. The summed E-state index contributed by atoms with van der Waals surface area (Å²) in [5, 5.41) is 6.14. The van der Waals surface area contributed by atoms with Crippen LogP contribution in [0.15, 0.2) is 0 Å². The minimum Gasteiger partial charge on any atom is -0.366 e. The first kappa shape index (κ1) is 15.7. The number of hydrogen-bond donors (Lipinski definition) is 2. The summed E-state index contributed by atoms with van der Waals surface area (Å²) in [5.41, 5.74) is 0. The van der Waals surface area contributed by atoms with Crippen molar-refractivity contribution >= 4 is 18.3 Å². The summed E-state index contributed by atoms with van der Waals surface area (Å²) >= 11 is 0. The molecule has 2 N–H and O–H groups in total. The Bertz CT molecular complexity index is 208. The third-order valence-corrected chi connectivity index (χ3v) is 3.09. The Kier molecular flexibility index (Phi) is 7.72. The molecule has 0 spiro atoms. The maximum atomic E-state index is 11.8. The van der Waals surface area contributed by atoms with Crippen molar-refractivity contribution in [2.45, 2.75) is 39.3 Å². The van der Waals surface area contributed by atoms with Gasteiger partial charge in [-0.1, -0.05) is 20.3 Å². The molecule has 0 aliphatic carbocycles. The van der Waals surface area contributed by atoms with Gasteiger partial charge in [-0.25, -0.2) is 0 Å². The highest BCUT2D eigenvalue weighted by molar-refractivity contribution is 5.85. The number of amides is 1. The number of nitrogens with one attached hydrogen (secondary N) is 2. The molecule has 0 aromatic heterocycles. The highest BCUT2D eigenvalue weighted by Crippen LogP contribution is 2.07. The zero-order valence-electron chi connectivity index (χ0n) is 10.3. The predicted molar refractivity (Wildman–Crippen MR) is 66.9 cm³/mol. The fourth-order valence-electron chi connectivity index (χ4n) is 1.55. The second-order valence-corrected chi connectivity index (χ2v) is 4.25. The molecular formula is C11H23ClN2O2. The van der Waals surface area contributed by atoms with Crippen molar-refractivity contribution < 1.29 is 9.53 Å². The topological polar surface area (TPSA) is 50.4 Å². The van der Waals surface area contributed by atoms with E-state index in [-0.39, 0.29) is 30.5 Å². The summed E-state index contributed by atoms with van der Waals surface area (Å²) in [6.45, 7) is 8.40. The molecule has 4 nitrogen and oxygen atoms in total. The molecule has 5 heteroatoms. The summed E-state index contributed by atoms with van der Waals surface area (Å²) < 4.78 is 5.38. The van der Waals surface area contributed by atoms with E-state index in [0.717, 1.165) is 13.0 Å². The quantitative estimate of drug-likeness (QED) is 0.781. The monoisotopic (exact) mass is 250 g/mol. The van der Waals surface area contributed by atoms with Gasteiger partial charge in [-0.3, -0.25) is 4.79 Å². The molecule has 1 saturated heterocycles. The lowest BCUT2D eigenvalue weighted by molar-refractivity contribution is -0.135. The van der Waals surface area contributed by atoms with Gasteiger partial charge in [-0.15, -0.1) is 12.4 Å². The van der Waals surface area contributed by atoms with E-state index in [1.165, 1.54) is 0 Å². The molecular weight excluding hydrogens is 228 g/mol. The third kappa shape index (κ3) is 4.68. The Labute approximate surface area is 104 Å². The van der Waals surface area contributed by atoms with Crippen molar-refractivity contribution in [3.05, 3.63) is 0 Å². The van der Waals surface area contributed by atoms with E-state index in [2.05, 4.69) is 24.5 Å². The van der Waals surface area contributed by atoms with Gasteiger partial charge in [0, 0.05) is 19.1 Å². The number of ether oxygens (including phenoxy) is 1. The van der Waals surface area contributed by atoms with E-state index in [9.17, 15) is 4.79 Å². The van der Waals surface area contributed by atoms with E-state index in [0.29, 0.717) is 19.1 Å². The lowest BCUT2D eigenvalue weighted by Gasteiger charge is -2.26. The van der Waals surface area contributed by atoms with Crippen LogP contribution in [0.5, 0.6) is 0 Å². The standard InChI is InChI=1S/C11H22N2O2.ClH/c1-4-8(2)9(3)13-11(14)10-7-12-5-6-15-10;/h8-10,12H,4-7H2,1-3H3,(H,13,14);1H. The Morgan fingerprint density at radius 3 is 2.75 bits per heavy atom. The van der Waals surface area contributed by atoms with E-state index in [4.69, 9.17) is 4.74 Å². The molecule has 3 unspecified atom stereocenters. The van der Waals surface area contributed by atoms with Crippen LogP contribution < -0.4 is 10.6 Å². The molecule has 96 valence electrons. The number of carbonyl (C=O) groups excluding carboxylic acids is 1. The molecule has 1 amide bonds. The second kappa shape index (κ2) is 7.87. The average Bonchev–Trinajstić information content (AvgIpc) is 2.29. The number of carbonyl (C=O) groups is 1. The molecule has 16 heavy (non-hydrogen) atoms. The van der Waals surface area contributed by atoms with Crippen LogP contribution in [0, 0.1) is 5.92 Å². The van der Waals surface area contributed by atoms with Crippen LogP contribution in [0.4, 0.5) is 0 Å². The molecule has 1 aliphatic rings. The Morgan fingerprint density at radius 2 is 2.25 bits per heavy atom. The lowest BCUT2D eigenvalue weighted by Crippen LogP contribution is -2.50. The van der Waals surface area contributed by atoms with E-state index in [1.807, 2.05) is 6.92 Å². The minimum absolute atomic E-state index is 0. The molecule has 1 aliphatic heterocycles. The van der Waals surface area contributed by atoms with Crippen LogP contribution in [0.3, 0.4) is 0 Å². The zero-order valence-corrected chi connectivity index (χ0v) is 11.1. The normalized spacial score (nSPS) is 24.1. The van der Waals surface area contributed by atoms with Crippen molar-refractivity contribution in [1.29, 1.82) is 0 Å². The van der Waals surface area contributed by atoms with Crippen LogP contribution >= 0.6 is 12.4 Å². The first-order chi connectivity index (χ1) is 7.15. The van der Waals surface area contributed by atoms with E-state index in [1.54, 1.807) is 0 Å². The van der Waals surface area contributed by atoms with Gasteiger partial charge in [0.05, 0.1) is 6.61 Å². The van der Waals surface area contributed by atoms with Crippen LogP contribution in [0.2, 0.25) is 0 Å². The van der Waals surface area contributed by atoms with Gasteiger partial charge in [0.2, 0.25) is 0 Å². The summed E-state index contributed by atoms with van der Waals surface area (Å²) in [7, 11) is 0. The molecule has 1 heterocycles. The molecule has 0 aromatic carbocycles. The van der Waals surface area contributed by atoms with Crippen LogP contribution in [0.25, 0.3) is 0 Å². The summed E-state index contributed by atoms with van der Waals surface area (Å²) in [6, 6.07) is 0.216. The molecule has 0 aromatic rings. The summed E-state index contributed by atoms with van der Waals surface area (Å²) in [4.78, 5) is 11.8. The van der Waals surface area contributed by atoms with Crippen LogP contribution in [-0.4, -0.2) is 37.7 Å². The predicted octanol–water partition coefficient (Wildman–Crippen LogP) is 0.947. The number of hydrogen-bond acceptors (Lipinski definition) is 3. The molecule has 0 bridgehead atoms. The van der Waals surface area contributed by atoms with Crippen molar-refractivity contribution in [1.82, 2.24) is 10.6 Å². The van der Waals surface area contributed by atoms with Gasteiger partial charge in [0.1, 0.15) is 6.10 Å². The Balaban J connectivity index is 0.00000225. The van der Waals surface area contributed by atoms with Crippen LogP contribution in [0.1, 0.15) is 27.2 Å². The molecule has 0 radical (unpaired) electrons. The van der Waals surface area contributed by atoms with Gasteiger partial charge in [-0.05, 0) is 12.8 Å². The third-order valence-electron chi connectivity index (χ3n) is 3.09. The van der Waals surface area contributed by atoms with Gasteiger partial charge in [0.15, 0.2) is 0 Å². The number of halogens is 1. The van der Waals surface area contributed by atoms with Gasteiger partial charge >= 0.3 is 0 Å². The lowest BCUT2D eigenvalue weighted by atomic mass is 10.0. The van der Waals surface area contributed by atoms with Crippen molar-refractivity contribution in [3.8, 4) is 0 Å². The van der Waals surface area contributed by atoms with Crippen molar-refractivity contribution in [2.75, 3.05) is 19.7 Å². The van der Waals surface area contributed by atoms with Crippen LogP contribution in [-0.2, 0) is 9.53 Å². The number of rotatable bonds is 4. The molecule has 0 saturated carbocycles. The maximum Gasteiger partial charge on any atom is 0.250 e. The number of morpholine rings is 1. The molecule has 1 fully saturated rings. The van der Waals surface area contributed by atoms with Gasteiger partial charge in [-0.2, -0.15) is 0 Å². The summed E-state index contributed by atoms with van der Waals surface area (Å²) in [6.07, 6.45) is 0.760. The van der Waals surface area contributed by atoms with Crippen molar-refractivity contribution in [3.63, 3.8) is 0 Å². The molecule has 3 atom stereocenters. The first-order valence-corrected chi connectivity index (χ1v) is 5.77. The van der Waals surface area contributed by atoms with Gasteiger partial charge in [0.25, 0.3) is 5.91 Å². The zero-order chi connectivity index (χ0) is 11.3. The smallest absolute Gasteiger partial charge is 0.250 e. The molecule has 1 rings (SSSR count). The second-order valence-electron chi connectivity index (χ2n) is 4.25. The largest absolute Gasteiger partial charge is 0.366 e. The van der Waals surface area contributed by atoms with E-state index >= 15 is 0 Å². The van der Waals surface area contributed by atoms with Gasteiger partial charge < -0.3 is 15.4 Å². The SMILES string of the molecule is CCC(C)C(C)NC(=O)C1CNCCO1.Cl. The fraction of sp³-hybridized carbons (Fsp3) is 0.909. The Morgan fingerprint density at radius 1 is 1.56 bits per heavy atom. The van der Waals surface area contributed by atoms with E-state index < -0.39 is 0 Å². The summed E-state index contributed by atoms with van der Waals surface area (Å²) in [5.74, 6) is 0.514. The van der Waals surface area contributed by atoms with Crippen molar-refractivity contribution in [2.24, 2.45) is 5.92 Å². The maximum absolute atomic E-state index is 11.8. The highest BCUT2D eigenvalue weighted by Gasteiger charge is 2.23.